The lowest BCUT2D eigenvalue weighted by Crippen LogP contribution is -2.45. The number of hydrogen-bond donors (Lipinski definition) is 3. The maximum atomic E-state index is 12.4. The molecule has 8 nitrogen and oxygen atoms in total. The standard InChI is InChI=1S/C17H17N3O5S/c1-11(21)19-12-6-8-13(9-7-12)26(23,24)18-10-16-17(22)20-14-4-2-3-5-15(14)25-16/h2-9,16,18H,10H2,1H3,(H,19,21)(H,20,22). The van der Waals surface area contributed by atoms with Crippen molar-refractivity contribution in [3.63, 3.8) is 0 Å². The van der Waals surface area contributed by atoms with Crippen LogP contribution in [0.5, 0.6) is 5.75 Å². The number of carbonyl (C=O) groups is 2. The van der Waals surface area contributed by atoms with Crippen LogP contribution in [0.15, 0.2) is 53.4 Å². The van der Waals surface area contributed by atoms with E-state index in [9.17, 15) is 18.0 Å². The first-order valence-electron chi connectivity index (χ1n) is 7.79. The van der Waals surface area contributed by atoms with Gasteiger partial charge in [-0.2, -0.15) is 0 Å². The Morgan fingerprint density at radius 1 is 1.15 bits per heavy atom. The quantitative estimate of drug-likeness (QED) is 0.729. The molecule has 2 amide bonds. The molecule has 9 heteroatoms. The van der Waals surface area contributed by atoms with E-state index in [0.29, 0.717) is 17.1 Å². The van der Waals surface area contributed by atoms with Crippen LogP contribution in [0.25, 0.3) is 0 Å². The molecule has 0 aromatic heterocycles. The van der Waals surface area contributed by atoms with Crippen LogP contribution in [0.2, 0.25) is 0 Å². The van der Waals surface area contributed by atoms with Crippen molar-refractivity contribution in [3.8, 4) is 5.75 Å². The van der Waals surface area contributed by atoms with Gasteiger partial charge in [-0.3, -0.25) is 9.59 Å². The molecule has 0 saturated carbocycles. The van der Waals surface area contributed by atoms with Crippen LogP contribution in [-0.4, -0.2) is 32.9 Å². The third kappa shape index (κ3) is 4.01. The van der Waals surface area contributed by atoms with Crippen LogP contribution < -0.4 is 20.1 Å². The Morgan fingerprint density at radius 3 is 2.54 bits per heavy atom. The van der Waals surface area contributed by atoms with E-state index in [-0.39, 0.29) is 17.3 Å². The monoisotopic (exact) mass is 375 g/mol. The van der Waals surface area contributed by atoms with Crippen molar-refractivity contribution in [1.29, 1.82) is 0 Å². The first-order chi connectivity index (χ1) is 12.3. The number of para-hydroxylation sites is 2. The van der Waals surface area contributed by atoms with Crippen molar-refractivity contribution in [3.05, 3.63) is 48.5 Å². The number of anilines is 2. The van der Waals surface area contributed by atoms with Crippen molar-refractivity contribution >= 4 is 33.2 Å². The van der Waals surface area contributed by atoms with Crippen molar-refractivity contribution in [2.24, 2.45) is 0 Å². The fourth-order valence-corrected chi connectivity index (χ4v) is 3.45. The predicted molar refractivity (Wildman–Crippen MR) is 95.4 cm³/mol. The van der Waals surface area contributed by atoms with E-state index in [0.717, 1.165) is 0 Å². The van der Waals surface area contributed by atoms with Gasteiger partial charge in [0.25, 0.3) is 5.91 Å². The van der Waals surface area contributed by atoms with Crippen molar-refractivity contribution in [2.75, 3.05) is 17.2 Å². The molecule has 0 radical (unpaired) electrons. The Kier molecular flexibility index (Phi) is 4.92. The lowest BCUT2D eigenvalue weighted by Gasteiger charge is -2.25. The van der Waals surface area contributed by atoms with E-state index >= 15 is 0 Å². The molecule has 1 unspecified atom stereocenters. The first kappa shape index (κ1) is 17.9. The molecule has 2 aromatic rings. The van der Waals surface area contributed by atoms with Gasteiger partial charge in [-0.15, -0.1) is 0 Å². The number of fused-ring (bicyclic) bond motifs is 1. The summed E-state index contributed by atoms with van der Waals surface area (Å²) in [5, 5.41) is 5.23. The number of hydrogen-bond acceptors (Lipinski definition) is 5. The van der Waals surface area contributed by atoms with Gasteiger partial charge in [0, 0.05) is 12.6 Å². The molecule has 1 atom stereocenters. The second-order valence-electron chi connectivity index (χ2n) is 5.65. The van der Waals surface area contributed by atoms with Crippen LogP contribution >= 0.6 is 0 Å². The van der Waals surface area contributed by atoms with Gasteiger partial charge in [-0.1, -0.05) is 12.1 Å². The molecule has 0 aliphatic carbocycles. The van der Waals surface area contributed by atoms with Crippen molar-refractivity contribution < 1.29 is 22.7 Å². The Hall–Kier alpha value is -2.91. The molecule has 136 valence electrons. The van der Waals surface area contributed by atoms with E-state index in [2.05, 4.69) is 15.4 Å². The summed E-state index contributed by atoms with van der Waals surface area (Å²) in [7, 11) is -3.83. The molecule has 0 saturated heterocycles. The molecule has 26 heavy (non-hydrogen) atoms. The highest BCUT2D eigenvalue weighted by Crippen LogP contribution is 2.28. The molecular weight excluding hydrogens is 358 g/mol. The van der Waals surface area contributed by atoms with E-state index in [1.807, 2.05) is 0 Å². The summed E-state index contributed by atoms with van der Waals surface area (Å²) in [5.74, 6) is -0.192. The molecule has 0 fully saturated rings. The summed E-state index contributed by atoms with van der Waals surface area (Å²) in [6, 6.07) is 12.6. The molecule has 1 aliphatic heterocycles. The normalized spacial score (nSPS) is 16.2. The average molecular weight is 375 g/mol. The summed E-state index contributed by atoms with van der Waals surface area (Å²) in [4.78, 5) is 23.1. The maximum Gasteiger partial charge on any atom is 0.266 e. The zero-order chi connectivity index (χ0) is 18.7. The van der Waals surface area contributed by atoms with E-state index in [1.54, 1.807) is 24.3 Å². The van der Waals surface area contributed by atoms with Gasteiger partial charge in [-0.25, -0.2) is 13.1 Å². The highest BCUT2D eigenvalue weighted by molar-refractivity contribution is 7.89. The fraction of sp³-hybridized carbons (Fsp3) is 0.176. The summed E-state index contributed by atoms with van der Waals surface area (Å²) in [6.45, 7) is 1.15. The van der Waals surface area contributed by atoms with Crippen LogP contribution in [0.1, 0.15) is 6.92 Å². The smallest absolute Gasteiger partial charge is 0.266 e. The van der Waals surface area contributed by atoms with Gasteiger partial charge < -0.3 is 15.4 Å². The third-order valence-electron chi connectivity index (χ3n) is 3.65. The first-order valence-corrected chi connectivity index (χ1v) is 9.27. The molecule has 0 bridgehead atoms. The highest BCUT2D eigenvalue weighted by Gasteiger charge is 2.29. The Labute approximate surface area is 150 Å². The Balaban J connectivity index is 1.67. The number of amides is 2. The van der Waals surface area contributed by atoms with Gasteiger partial charge in [0.1, 0.15) is 5.75 Å². The largest absolute Gasteiger partial charge is 0.477 e. The molecule has 1 heterocycles. The molecule has 3 rings (SSSR count). The average Bonchev–Trinajstić information content (AvgIpc) is 2.60. The van der Waals surface area contributed by atoms with Gasteiger partial charge in [0.15, 0.2) is 6.10 Å². The minimum absolute atomic E-state index is 0.0169. The van der Waals surface area contributed by atoms with Crippen LogP contribution in [0.4, 0.5) is 11.4 Å². The van der Waals surface area contributed by atoms with Crippen LogP contribution in [0.3, 0.4) is 0 Å². The molecular formula is C17H17N3O5S. The summed E-state index contributed by atoms with van der Waals surface area (Å²) in [5.41, 5.74) is 1.04. The fourth-order valence-electron chi connectivity index (χ4n) is 2.42. The van der Waals surface area contributed by atoms with Gasteiger partial charge in [0.05, 0.1) is 17.1 Å². The Bertz CT molecular complexity index is 941. The van der Waals surface area contributed by atoms with Crippen molar-refractivity contribution in [2.45, 2.75) is 17.9 Å². The Morgan fingerprint density at radius 2 is 1.85 bits per heavy atom. The third-order valence-corrected chi connectivity index (χ3v) is 5.09. The van der Waals surface area contributed by atoms with E-state index in [4.69, 9.17) is 4.74 Å². The zero-order valence-electron chi connectivity index (χ0n) is 13.9. The summed E-state index contributed by atoms with van der Waals surface area (Å²) >= 11 is 0. The SMILES string of the molecule is CC(=O)Nc1ccc(S(=O)(=O)NCC2Oc3ccccc3NC2=O)cc1. The number of benzene rings is 2. The summed E-state index contributed by atoms with van der Waals surface area (Å²) < 4.78 is 32.7. The van der Waals surface area contributed by atoms with Crippen LogP contribution in [-0.2, 0) is 19.6 Å². The minimum atomic E-state index is -3.83. The zero-order valence-corrected chi connectivity index (χ0v) is 14.7. The van der Waals surface area contributed by atoms with Gasteiger partial charge in [0.2, 0.25) is 15.9 Å². The lowest BCUT2D eigenvalue weighted by atomic mass is 10.2. The number of carbonyl (C=O) groups excluding carboxylic acids is 2. The second kappa shape index (κ2) is 7.14. The maximum absolute atomic E-state index is 12.4. The number of rotatable bonds is 5. The number of ether oxygens (including phenoxy) is 1. The van der Waals surface area contributed by atoms with E-state index < -0.39 is 22.0 Å². The van der Waals surface area contributed by atoms with Gasteiger partial charge in [-0.05, 0) is 36.4 Å². The number of nitrogens with one attached hydrogen (secondary N) is 3. The molecule has 2 aromatic carbocycles. The highest BCUT2D eigenvalue weighted by atomic mass is 32.2. The predicted octanol–water partition coefficient (Wildman–Crippen LogP) is 1.32. The number of sulfonamides is 1. The summed E-state index contributed by atoms with van der Waals surface area (Å²) in [6.07, 6.45) is -0.974. The molecule has 0 spiro atoms. The van der Waals surface area contributed by atoms with Gasteiger partial charge >= 0.3 is 0 Å². The van der Waals surface area contributed by atoms with Crippen molar-refractivity contribution in [1.82, 2.24) is 4.72 Å². The minimum Gasteiger partial charge on any atom is -0.477 e. The molecule has 1 aliphatic rings. The molecule has 3 N–H and O–H groups in total. The van der Waals surface area contributed by atoms with Crippen LogP contribution in [0, 0.1) is 0 Å². The lowest BCUT2D eigenvalue weighted by molar-refractivity contribution is -0.123. The van der Waals surface area contributed by atoms with E-state index in [1.165, 1.54) is 31.2 Å². The topological polar surface area (TPSA) is 114 Å². The second-order valence-corrected chi connectivity index (χ2v) is 7.42.